The minimum Gasteiger partial charge on any atom is -0.493 e. The number of nitrogens with zero attached hydrogens (tertiary/aromatic N) is 2. The molecule has 1 aromatic heterocycles. The predicted molar refractivity (Wildman–Crippen MR) is 75.7 cm³/mol. The molecule has 1 aliphatic heterocycles. The molecule has 0 spiro atoms. The summed E-state index contributed by atoms with van der Waals surface area (Å²) in [6.45, 7) is 3.95. The molecule has 5 heteroatoms. The van der Waals surface area contributed by atoms with E-state index in [2.05, 4.69) is 40.0 Å². The van der Waals surface area contributed by atoms with Gasteiger partial charge in [0.05, 0.1) is 23.7 Å². The molecule has 2 heterocycles. The summed E-state index contributed by atoms with van der Waals surface area (Å²) in [7, 11) is 0. The third-order valence-electron chi connectivity index (χ3n) is 3.31. The Morgan fingerprint density at radius 1 is 1.47 bits per heavy atom. The van der Waals surface area contributed by atoms with Gasteiger partial charge in [-0.15, -0.1) is 5.10 Å². The Kier molecular flexibility index (Phi) is 3.75. The first-order valence-electron chi connectivity index (χ1n) is 6.64. The van der Waals surface area contributed by atoms with E-state index < -0.39 is 0 Å². The normalized spacial score (nSPS) is 15.0. The molecule has 0 radical (unpaired) electrons. The summed E-state index contributed by atoms with van der Waals surface area (Å²) in [6, 6.07) is 6.64. The third kappa shape index (κ3) is 2.62. The monoisotopic (exact) mass is 275 g/mol. The summed E-state index contributed by atoms with van der Waals surface area (Å²) in [5, 5.41) is 7.52. The zero-order valence-electron chi connectivity index (χ0n) is 10.9. The van der Waals surface area contributed by atoms with Gasteiger partial charge in [0.1, 0.15) is 5.75 Å². The number of hydrogen-bond acceptors (Lipinski definition) is 5. The standard InChI is InChI=1S/C14H17N3OS/c1-2-6-15-14(13-9-16-17-19-13)11-3-4-12-10(8-11)5-7-18-12/h3-4,8-9,14-15H,2,5-7H2,1H3. The van der Waals surface area contributed by atoms with Crippen molar-refractivity contribution in [2.75, 3.05) is 13.2 Å². The minimum atomic E-state index is 0.186. The van der Waals surface area contributed by atoms with Crippen LogP contribution in [-0.2, 0) is 6.42 Å². The second-order valence-electron chi connectivity index (χ2n) is 4.67. The van der Waals surface area contributed by atoms with Crippen LogP contribution >= 0.6 is 11.5 Å². The molecule has 1 aromatic carbocycles. The molecule has 0 bridgehead atoms. The Balaban J connectivity index is 1.90. The van der Waals surface area contributed by atoms with Crippen molar-refractivity contribution in [3.63, 3.8) is 0 Å². The molecule has 1 N–H and O–H groups in total. The highest BCUT2D eigenvalue weighted by atomic mass is 32.1. The molecule has 1 unspecified atom stereocenters. The average Bonchev–Trinajstić information content (AvgIpc) is 3.09. The molecule has 2 aromatic rings. The first kappa shape index (κ1) is 12.6. The molecule has 0 saturated heterocycles. The third-order valence-corrected chi connectivity index (χ3v) is 4.04. The van der Waals surface area contributed by atoms with Gasteiger partial charge in [-0.25, -0.2) is 0 Å². The van der Waals surface area contributed by atoms with Crippen molar-refractivity contribution >= 4 is 11.5 Å². The van der Waals surface area contributed by atoms with Crippen molar-refractivity contribution in [1.82, 2.24) is 14.9 Å². The van der Waals surface area contributed by atoms with Gasteiger partial charge in [0.15, 0.2) is 0 Å². The molecule has 0 fully saturated rings. The quantitative estimate of drug-likeness (QED) is 0.911. The highest BCUT2D eigenvalue weighted by Crippen LogP contribution is 2.31. The van der Waals surface area contributed by atoms with Crippen LogP contribution in [0.2, 0.25) is 0 Å². The highest BCUT2D eigenvalue weighted by Gasteiger charge is 2.19. The second kappa shape index (κ2) is 5.67. The lowest BCUT2D eigenvalue weighted by Gasteiger charge is -2.17. The van der Waals surface area contributed by atoms with Crippen LogP contribution in [0.5, 0.6) is 5.75 Å². The van der Waals surface area contributed by atoms with Crippen LogP contribution in [0.3, 0.4) is 0 Å². The van der Waals surface area contributed by atoms with E-state index in [9.17, 15) is 0 Å². The smallest absolute Gasteiger partial charge is 0.122 e. The molecule has 0 aliphatic carbocycles. The largest absolute Gasteiger partial charge is 0.493 e. The van der Waals surface area contributed by atoms with Gasteiger partial charge in [0.2, 0.25) is 0 Å². The zero-order chi connectivity index (χ0) is 13.1. The summed E-state index contributed by atoms with van der Waals surface area (Å²) in [5.74, 6) is 1.03. The van der Waals surface area contributed by atoms with Gasteiger partial charge >= 0.3 is 0 Å². The second-order valence-corrected chi connectivity index (χ2v) is 5.49. The Morgan fingerprint density at radius 2 is 2.42 bits per heavy atom. The molecule has 1 aliphatic rings. The van der Waals surface area contributed by atoms with Crippen molar-refractivity contribution in [2.24, 2.45) is 0 Å². The van der Waals surface area contributed by atoms with E-state index in [1.807, 2.05) is 6.20 Å². The van der Waals surface area contributed by atoms with Gasteiger partial charge < -0.3 is 10.1 Å². The average molecular weight is 275 g/mol. The topological polar surface area (TPSA) is 47.0 Å². The van der Waals surface area contributed by atoms with Crippen LogP contribution in [0.25, 0.3) is 0 Å². The number of fused-ring (bicyclic) bond motifs is 1. The highest BCUT2D eigenvalue weighted by molar-refractivity contribution is 7.05. The molecule has 0 amide bonds. The summed E-state index contributed by atoms with van der Waals surface area (Å²) >= 11 is 1.45. The number of nitrogens with one attached hydrogen (secondary N) is 1. The molecular formula is C14H17N3OS. The number of rotatable bonds is 5. The number of aromatic nitrogens is 2. The molecule has 100 valence electrons. The van der Waals surface area contributed by atoms with Crippen LogP contribution in [0.4, 0.5) is 0 Å². The Morgan fingerprint density at radius 3 is 3.21 bits per heavy atom. The van der Waals surface area contributed by atoms with Gasteiger partial charge in [0, 0.05) is 6.42 Å². The van der Waals surface area contributed by atoms with Gasteiger partial charge in [0.25, 0.3) is 0 Å². The summed E-state index contributed by atoms with van der Waals surface area (Å²) in [4.78, 5) is 1.16. The number of hydrogen-bond donors (Lipinski definition) is 1. The maximum absolute atomic E-state index is 5.56. The van der Waals surface area contributed by atoms with Crippen molar-refractivity contribution in [2.45, 2.75) is 25.8 Å². The molecule has 1 atom stereocenters. The van der Waals surface area contributed by atoms with E-state index in [-0.39, 0.29) is 6.04 Å². The van der Waals surface area contributed by atoms with Gasteiger partial charge in [-0.1, -0.05) is 23.5 Å². The fourth-order valence-electron chi connectivity index (χ4n) is 2.36. The fraction of sp³-hybridized carbons (Fsp3) is 0.429. The molecule has 4 nitrogen and oxygen atoms in total. The lowest BCUT2D eigenvalue weighted by atomic mass is 10.0. The molecule has 3 rings (SSSR count). The first-order valence-corrected chi connectivity index (χ1v) is 7.42. The van der Waals surface area contributed by atoms with E-state index >= 15 is 0 Å². The van der Waals surface area contributed by atoms with E-state index in [1.54, 1.807) is 0 Å². The zero-order valence-corrected chi connectivity index (χ0v) is 11.7. The maximum atomic E-state index is 5.56. The van der Waals surface area contributed by atoms with Crippen LogP contribution in [0.15, 0.2) is 24.4 Å². The van der Waals surface area contributed by atoms with E-state index in [4.69, 9.17) is 4.74 Å². The van der Waals surface area contributed by atoms with Crippen molar-refractivity contribution in [3.05, 3.63) is 40.4 Å². The van der Waals surface area contributed by atoms with Crippen LogP contribution in [0, 0.1) is 0 Å². The number of ether oxygens (including phenoxy) is 1. The summed E-state index contributed by atoms with van der Waals surface area (Å²) < 4.78 is 9.54. The molecule has 0 saturated carbocycles. The van der Waals surface area contributed by atoms with E-state index in [1.165, 1.54) is 22.7 Å². The van der Waals surface area contributed by atoms with Crippen molar-refractivity contribution < 1.29 is 4.74 Å². The molecule has 19 heavy (non-hydrogen) atoms. The maximum Gasteiger partial charge on any atom is 0.122 e. The van der Waals surface area contributed by atoms with E-state index in [0.29, 0.717) is 0 Å². The summed E-state index contributed by atoms with van der Waals surface area (Å²) in [5.41, 5.74) is 2.57. The van der Waals surface area contributed by atoms with Crippen LogP contribution in [-0.4, -0.2) is 22.7 Å². The van der Waals surface area contributed by atoms with Crippen molar-refractivity contribution in [1.29, 1.82) is 0 Å². The lowest BCUT2D eigenvalue weighted by molar-refractivity contribution is 0.357. The van der Waals surface area contributed by atoms with Gasteiger partial charge in [-0.05, 0) is 41.7 Å². The molecular weight excluding hydrogens is 258 g/mol. The fourth-order valence-corrected chi connectivity index (χ4v) is 2.97. The van der Waals surface area contributed by atoms with Gasteiger partial charge in [-0.2, -0.15) is 0 Å². The van der Waals surface area contributed by atoms with Crippen molar-refractivity contribution in [3.8, 4) is 5.75 Å². The summed E-state index contributed by atoms with van der Waals surface area (Å²) in [6.07, 6.45) is 3.96. The number of benzene rings is 1. The first-order chi connectivity index (χ1) is 9.38. The lowest BCUT2D eigenvalue weighted by Crippen LogP contribution is -2.22. The Hall–Kier alpha value is -1.46. The SMILES string of the molecule is CCCNC(c1ccc2c(c1)CCO2)c1cnns1. The Bertz CT molecular complexity index is 542. The minimum absolute atomic E-state index is 0.186. The predicted octanol–water partition coefficient (Wildman–Crippen LogP) is 2.56. The van der Waals surface area contributed by atoms with Crippen LogP contribution in [0.1, 0.15) is 35.4 Å². The van der Waals surface area contributed by atoms with Crippen LogP contribution < -0.4 is 10.1 Å². The Labute approximate surface area is 117 Å². The van der Waals surface area contributed by atoms with E-state index in [0.717, 1.165) is 36.6 Å². The van der Waals surface area contributed by atoms with Gasteiger partial charge in [-0.3, -0.25) is 0 Å².